The van der Waals surface area contributed by atoms with Crippen molar-refractivity contribution in [3.05, 3.63) is 64.7 Å². The van der Waals surface area contributed by atoms with Crippen LogP contribution in [0.3, 0.4) is 0 Å². The van der Waals surface area contributed by atoms with Crippen molar-refractivity contribution >= 4 is 17.4 Å². The summed E-state index contributed by atoms with van der Waals surface area (Å²) < 4.78 is 0. The number of nitrogens with zero attached hydrogens (tertiary/aromatic N) is 3. The summed E-state index contributed by atoms with van der Waals surface area (Å²) in [7, 11) is 0. The van der Waals surface area contributed by atoms with Gasteiger partial charge in [0.15, 0.2) is 0 Å². The maximum Gasteiger partial charge on any atom is 0.137 e. The Morgan fingerprint density at radius 1 is 1.26 bits per heavy atom. The average Bonchev–Trinajstić information content (AvgIpc) is 2.96. The molecule has 1 aliphatic carbocycles. The van der Waals surface area contributed by atoms with Crippen LogP contribution in [0.2, 0.25) is 5.02 Å². The third-order valence-corrected chi connectivity index (χ3v) is 5.20. The van der Waals surface area contributed by atoms with E-state index in [2.05, 4.69) is 48.3 Å². The molecule has 4 heteroatoms. The topological polar surface area (TPSA) is 29.0 Å². The zero-order chi connectivity index (χ0) is 16.4. The Morgan fingerprint density at radius 3 is 2.78 bits per heavy atom. The summed E-state index contributed by atoms with van der Waals surface area (Å²) >= 11 is 6.15. The lowest BCUT2D eigenvalue weighted by Gasteiger charge is -2.37. The molecule has 0 saturated heterocycles. The van der Waals surface area contributed by atoms with Crippen molar-refractivity contribution in [1.29, 1.82) is 0 Å². The van der Waals surface area contributed by atoms with E-state index in [1.807, 2.05) is 18.3 Å². The first-order chi connectivity index (χ1) is 10.8. The first-order valence-corrected chi connectivity index (χ1v) is 8.29. The van der Waals surface area contributed by atoms with Crippen LogP contribution >= 0.6 is 11.6 Å². The van der Waals surface area contributed by atoms with Crippen molar-refractivity contribution in [3.8, 4) is 0 Å². The van der Waals surface area contributed by atoms with E-state index in [9.17, 15) is 0 Å². The Morgan fingerprint density at radius 2 is 2.04 bits per heavy atom. The summed E-state index contributed by atoms with van der Waals surface area (Å²) in [6.45, 7) is 11.1. The number of allylic oxidation sites excluding steroid dienone is 1. The van der Waals surface area contributed by atoms with Gasteiger partial charge >= 0.3 is 0 Å². The molecule has 3 heterocycles. The van der Waals surface area contributed by atoms with Crippen LogP contribution in [-0.4, -0.2) is 15.5 Å². The molecule has 2 aromatic rings. The molecule has 23 heavy (non-hydrogen) atoms. The van der Waals surface area contributed by atoms with Crippen LogP contribution in [0.1, 0.15) is 37.6 Å². The van der Waals surface area contributed by atoms with Crippen molar-refractivity contribution in [3.63, 3.8) is 0 Å². The minimum atomic E-state index is -0.142. The second kappa shape index (κ2) is 4.57. The molecule has 0 radical (unpaired) electrons. The number of hydrogen-bond acceptors (Lipinski definition) is 3. The molecule has 0 bridgehead atoms. The zero-order valence-corrected chi connectivity index (χ0v) is 14.5. The third-order valence-electron chi connectivity index (χ3n) is 5.00. The Labute approximate surface area is 142 Å². The Hall–Kier alpha value is -1.87. The molecule has 2 aliphatic rings. The van der Waals surface area contributed by atoms with Crippen molar-refractivity contribution in [2.75, 3.05) is 4.90 Å². The first kappa shape index (κ1) is 14.7. The van der Waals surface area contributed by atoms with Gasteiger partial charge in [-0.3, -0.25) is 4.98 Å². The van der Waals surface area contributed by atoms with Gasteiger partial charge in [0.05, 0.1) is 5.02 Å². The van der Waals surface area contributed by atoms with Gasteiger partial charge in [-0.2, -0.15) is 0 Å². The number of fused-ring (bicyclic) bond motifs is 3. The Kier molecular flexibility index (Phi) is 2.92. The molecule has 0 saturated carbocycles. The molecule has 1 unspecified atom stereocenters. The molecule has 0 fully saturated rings. The molecular formula is C19H20ClN3. The highest BCUT2D eigenvalue weighted by atomic mass is 35.5. The minimum Gasteiger partial charge on any atom is -0.324 e. The van der Waals surface area contributed by atoms with E-state index < -0.39 is 0 Å². The Balaban J connectivity index is 1.90. The number of halogens is 1. The van der Waals surface area contributed by atoms with E-state index >= 15 is 0 Å². The summed E-state index contributed by atoms with van der Waals surface area (Å²) in [5.74, 6) is 1.03. The lowest BCUT2D eigenvalue weighted by atomic mass is 9.78. The predicted octanol–water partition coefficient (Wildman–Crippen LogP) is 4.30. The summed E-state index contributed by atoms with van der Waals surface area (Å²) in [5, 5.41) is 0.698. The van der Waals surface area contributed by atoms with Crippen LogP contribution in [0.25, 0.3) is 0 Å². The van der Waals surface area contributed by atoms with Crippen LogP contribution in [0, 0.1) is 0 Å². The van der Waals surface area contributed by atoms with E-state index in [-0.39, 0.29) is 11.0 Å². The molecule has 118 valence electrons. The first-order valence-electron chi connectivity index (χ1n) is 7.91. The maximum atomic E-state index is 6.15. The van der Waals surface area contributed by atoms with Gasteiger partial charge < -0.3 is 4.90 Å². The van der Waals surface area contributed by atoms with Gasteiger partial charge in [-0.1, -0.05) is 24.2 Å². The smallest absolute Gasteiger partial charge is 0.137 e. The van der Waals surface area contributed by atoms with Crippen LogP contribution < -0.4 is 4.90 Å². The highest BCUT2D eigenvalue weighted by molar-refractivity contribution is 6.30. The minimum absolute atomic E-state index is 0.0659. The highest BCUT2D eigenvalue weighted by Gasteiger charge is 2.53. The fourth-order valence-corrected chi connectivity index (χ4v) is 4.24. The van der Waals surface area contributed by atoms with E-state index in [0.29, 0.717) is 5.02 Å². The van der Waals surface area contributed by atoms with E-state index in [1.54, 1.807) is 6.20 Å². The van der Waals surface area contributed by atoms with Gasteiger partial charge in [-0.15, -0.1) is 0 Å². The zero-order valence-electron chi connectivity index (χ0n) is 13.7. The summed E-state index contributed by atoms with van der Waals surface area (Å²) in [6.07, 6.45) is 5.35. The van der Waals surface area contributed by atoms with Gasteiger partial charge in [-0.05, 0) is 44.9 Å². The highest BCUT2D eigenvalue weighted by Crippen LogP contribution is 2.55. The normalized spacial score (nSPS) is 22.6. The molecule has 0 aromatic carbocycles. The van der Waals surface area contributed by atoms with Crippen LogP contribution in [-0.2, 0) is 18.3 Å². The second-order valence-corrected chi connectivity index (χ2v) is 7.96. The van der Waals surface area contributed by atoms with Gasteiger partial charge in [0.1, 0.15) is 5.82 Å². The van der Waals surface area contributed by atoms with Crippen molar-refractivity contribution in [1.82, 2.24) is 9.97 Å². The fraction of sp³-hybridized carbons (Fsp3) is 0.368. The number of hydrogen-bond donors (Lipinski definition) is 0. The molecule has 4 rings (SSSR count). The van der Waals surface area contributed by atoms with Gasteiger partial charge in [0, 0.05) is 46.7 Å². The number of rotatable bonds is 0. The predicted molar refractivity (Wildman–Crippen MR) is 93.9 cm³/mol. The molecule has 1 atom stereocenters. The summed E-state index contributed by atoms with van der Waals surface area (Å²) in [6, 6.07) is 6.25. The molecular weight excluding hydrogens is 306 g/mol. The van der Waals surface area contributed by atoms with Crippen LogP contribution in [0.4, 0.5) is 5.82 Å². The van der Waals surface area contributed by atoms with Crippen LogP contribution in [0.5, 0.6) is 0 Å². The number of anilines is 1. The molecule has 2 aromatic heterocycles. The molecule has 0 N–H and O–H groups in total. The van der Waals surface area contributed by atoms with Gasteiger partial charge in [0.2, 0.25) is 0 Å². The van der Waals surface area contributed by atoms with Crippen LogP contribution in [0.15, 0.2) is 42.9 Å². The van der Waals surface area contributed by atoms with Crippen molar-refractivity contribution in [2.24, 2.45) is 0 Å². The SMILES string of the molecule is C=C1N(C(C)(C)C)c2ncccc2C12Cc1cc(Cl)cnc1C2. The molecule has 1 spiro atoms. The lowest BCUT2D eigenvalue weighted by molar-refractivity contribution is 0.486. The second-order valence-electron chi connectivity index (χ2n) is 7.52. The van der Waals surface area contributed by atoms with Gasteiger partial charge in [0.25, 0.3) is 0 Å². The summed E-state index contributed by atoms with van der Waals surface area (Å²) in [5.41, 5.74) is 4.52. The summed E-state index contributed by atoms with van der Waals surface area (Å²) in [4.78, 5) is 11.5. The van der Waals surface area contributed by atoms with E-state index in [1.165, 1.54) is 11.1 Å². The number of pyridine rings is 2. The molecule has 3 nitrogen and oxygen atoms in total. The average molecular weight is 326 g/mol. The fourth-order valence-electron chi connectivity index (χ4n) is 4.06. The van der Waals surface area contributed by atoms with E-state index in [4.69, 9.17) is 11.6 Å². The number of aromatic nitrogens is 2. The standard InChI is InChI=1S/C19H20ClN3/c1-12-19(9-13-8-14(20)11-22-16(13)10-19)15-6-5-7-21-17(15)23(12)18(2,3)4/h5-8,11H,1,9-10H2,2-4H3. The van der Waals surface area contributed by atoms with Gasteiger partial charge in [-0.25, -0.2) is 4.98 Å². The van der Waals surface area contributed by atoms with E-state index in [0.717, 1.165) is 30.1 Å². The third kappa shape index (κ3) is 1.96. The monoisotopic (exact) mass is 325 g/mol. The van der Waals surface area contributed by atoms with Crippen molar-refractivity contribution in [2.45, 2.75) is 44.6 Å². The molecule has 1 aliphatic heterocycles. The Bertz CT molecular complexity index is 822. The maximum absolute atomic E-state index is 6.15. The lowest BCUT2D eigenvalue weighted by Crippen LogP contribution is -2.42. The van der Waals surface area contributed by atoms with Crippen molar-refractivity contribution < 1.29 is 0 Å². The quantitative estimate of drug-likeness (QED) is 0.723. The molecule has 0 amide bonds. The largest absolute Gasteiger partial charge is 0.324 e.